The van der Waals surface area contributed by atoms with E-state index in [9.17, 15) is 20.1 Å². The molecule has 4 N–H and O–H groups in total. The zero-order valence-corrected chi connectivity index (χ0v) is 16.6. The lowest BCUT2D eigenvalue weighted by Gasteiger charge is -2.13. The second-order valence-electron chi connectivity index (χ2n) is 6.65. The van der Waals surface area contributed by atoms with Crippen molar-refractivity contribution in [3.05, 3.63) is 31.7 Å². The van der Waals surface area contributed by atoms with Crippen molar-refractivity contribution in [3.63, 3.8) is 0 Å². The van der Waals surface area contributed by atoms with E-state index in [0.29, 0.717) is 0 Å². The number of aliphatic hydroxyl groups excluding tert-OH is 2. The maximum atomic E-state index is 13.1. The van der Waals surface area contributed by atoms with Crippen LogP contribution in [0.15, 0.2) is 11.1 Å². The number of aromatic amines is 1. The lowest BCUT2D eigenvalue weighted by molar-refractivity contribution is -0.0432. The number of fused-ring (bicyclic) bond motifs is 4. The van der Waals surface area contributed by atoms with Crippen LogP contribution in [0.2, 0.25) is 15.1 Å². The van der Waals surface area contributed by atoms with Crippen molar-refractivity contribution < 1.29 is 20.1 Å². The molecule has 0 unspecified atom stereocenters. The second-order valence-corrected chi connectivity index (χ2v) is 7.79. The summed E-state index contributed by atoms with van der Waals surface area (Å²) in [5.41, 5.74) is 0.0361. The summed E-state index contributed by atoms with van der Waals surface area (Å²) in [6.45, 7) is -0.339. The van der Waals surface area contributed by atoms with Crippen LogP contribution in [0, 0.1) is 0 Å². The van der Waals surface area contributed by atoms with Gasteiger partial charge in [0.2, 0.25) is 5.78 Å². The third kappa shape index (κ3) is 2.51. The van der Waals surface area contributed by atoms with E-state index >= 15 is 0 Å². The maximum absolute atomic E-state index is 13.1. The fourth-order valence-electron chi connectivity index (χ4n) is 3.59. The molecule has 0 saturated carbocycles. The molecule has 0 amide bonds. The summed E-state index contributed by atoms with van der Waals surface area (Å²) in [5.74, 6) is -0.352. The summed E-state index contributed by atoms with van der Waals surface area (Å²) < 4.78 is 8.29. The molecule has 0 bridgehead atoms. The Morgan fingerprint density at radius 1 is 1.28 bits per heavy atom. The minimum atomic E-state index is -0.858. The van der Waals surface area contributed by atoms with Gasteiger partial charge in [-0.1, -0.05) is 34.8 Å². The van der Waals surface area contributed by atoms with Crippen LogP contribution in [0.25, 0.3) is 28.0 Å². The van der Waals surface area contributed by atoms with Gasteiger partial charge >= 0.3 is 0 Å². The van der Waals surface area contributed by atoms with E-state index in [1.165, 1.54) is 10.9 Å². The molecular formula is C16H12Cl3N5O5. The average molecular weight is 461 g/mol. The first-order valence-corrected chi connectivity index (χ1v) is 9.57. The van der Waals surface area contributed by atoms with Crippen LogP contribution in [0.4, 0.5) is 0 Å². The zero-order chi connectivity index (χ0) is 20.6. The number of phenols is 1. The highest BCUT2D eigenvalue weighted by Crippen LogP contribution is 2.44. The molecule has 3 atom stereocenters. The number of H-pyrrole nitrogens is 1. The summed E-state index contributed by atoms with van der Waals surface area (Å²) in [4.78, 5) is 24.6. The standard InChI is InChI=1S/C16H12Cl3N5O5/c17-7-8(18)13(27)9(19)12-10(7)21-16-22-14-11(15(28)24(12)16)20-3-23(14)6-1-4(26)5(2-25)29-6/h3-6,25-27H,1-2H2,(H,21,22)/t4-,5+,6+/m0/s1. The molecule has 4 heterocycles. The van der Waals surface area contributed by atoms with Crippen LogP contribution in [0.3, 0.4) is 0 Å². The summed E-state index contributed by atoms with van der Waals surface area (Å²) in [6.07, 6.45) is -0.676. The number of nitrogens with zero attached hydrogens (tertiary/aromatic N) is 4. The second kappa shape index (κ2) is 6.46. The molecule has 13 heteroatoms. The van der Waals surface area contributed by atoms with Gasteiger partial charge in [-0.05, 0) is 0 Å². The Morgan fingerprint density at radius 2 is 2.03 bits per heavy atom. The Hall–Kier alpha value is -2.08. The van der Waals surface area contributed by atoms with Gasteiger partial charge in [-0.2, -0.15) is 4.98 Å². The number of halogens is 3. The van der Waals surface area contributed by atoms with E-state index in [2.05, 4.69) is 15.0 Å². The van der Waals surface area contributed by atoms with Gasteiger partial charge in [-0.15, -0.1) is 0 Å². The lowest BCUT2D eigenvalue weighted by Crippen LogP contribution is -2.24. The van der Waals surface area contributed by atoms with E-state index in [1.807, 2.05) is 0 Å². The van der Waals surface area contributed by atoms with Gasteiger partial charge in [0.05, 0.1) is 35.1 Å². The molecule has 1 aromatic carbocycles. The number of phenolic OH excluding ortho intramolecular Hbond substituents is 1. The summed E-state index contributed by atoms with van der Waals surface area (Å²) in [5, 5.41) is 29.1. The monoisotopic (exact) mass is 459 g/mol. The smallest absolute Gasteiger partial charge is 0.287 e. The molecule has 0 aliphatic carbocycles. The number of benzene rings is 1. The highest BCUT2D eigenvalue weighted by Gasteiger charge is 2.35. The first-order chi connectivity index (χ1) is 13.8. The molecule has 1 saturated heterocycles. The summed E-state index contributed by atoms with van der Waals surface area (Å²) >= 11 is 18.4. The van der Waals surface area contributed by atoms with Crippen molar-refractivity contribution in [2.24, 2.45) is 0 Å². The zero-order valence-electron chi connectivity index (χ0n) is 14.3. The Labute approximate surface area is 175 Å². The van der Waals surface area contributed by atoms with Crippen LogP contribution in [0.5, 0.6) is 5.75 Å². The van der Waals surface area contributed by atoms with E-state index in [0.717, 1.165) is 4.40 Å². The van der Waals surface area contributed by atoms with E-state index in [1.54, 1.807) is 0 Å². The number of aliphatic hydroxyl groups is 2. The van der Waals surface area contributed by atoms with E-state index < -0.39 is 29.7 Å². The maximum Gasteiger partial charge on any atom is 0.287 e. The van der Waals surface area contributed by atoms with Crippen molar-refractivity contribution >= 4 is 62.8 Å². The Morgan fingerprint density at radius 3 is 2.72 bits per heavy atom. The normalized spacial score (nSPS) is 22.4. The van der Waals surface area contributed by atoms with Crippen LogP contribution < -0.4 is 5.56 Å². The van der Waals surface area contributed by atoms with Crippen molar-refractivity contribution in [1.82, 2.24) is 23.9 Å². The first-order valence-electron chi connectivity index (χ1n) is 8.44. The fourth-order valence-corrected chi connectivity index (χ4v) is 4.33. The number of ether oxygens (including phenoxy) is 1. The molecule has 10 nitrogen and oxygen atoms in total. The van der Waals surface area contributed by atoms with Gasteiger partial charge < -0.3 is 25.0 Å². The Kier molecular flexibility index (Phi) is 4.21. The van der Waals surface area contributed by atoms with Gasteiger partial charge in [0.1, 0.15) is 22.4 Å². The number of aromatic nitrogens is 5. The predicted octanol–water partition coefficient (Wildman–Crippen LogP) is 1.83. The number of rotatable bonds is 2. The van der Waals surface area contributed by atoms with Crippen molar-refractivity contribution in [3.8, 4) is 5.75 Å². The van der Waals surface area contributed by atoms with Crippen molar-refractivity contribution in [2.75, 3.05) is 6.61 Å². The molecule has 5 rings (SSSR count). The van der Waals surface area contributed by atoms with Gasteiger partial charge in [0.15, 0.2) is 16.9 Å². The minimum absolute atomic E-state index is 0.0120. The molecule has 4 aromatic rings. The Bertz CT molecular complexity index is 1360. The minimum Gasteiger partial charge on any atom is -0.505 e. The molecule has 152 valence electrons. The fraction of sp³-hybridized carbons (Fsp3) is 0.312. The highest BCUT2D eigenvalue weighted by molar-refractivity contribution is 6.49. The van der Waals surface area contributed by atoms with Gasteiger partial charge in [-0.3, -0.25) is 9.36 Å². The molecule has 1 aliphatic rings. The average Bonchev–Trinajstić information content (AvgIpc) is 3.39. The first kappa shape index (κ1) is 18.9. The molecule has 1 fully saturated rings. The van der Waals surface area contributed by atoms with Crippen LogP contribution in [0.1, 0.15) is 12.6 Å². The van der Waals surface area contributed by atoms with Crippen LogP contribution >= 0.6 is 34.8 Å². The van der Waals surface area contributed by atoms with E-state index in [4.69, 9.17) is 39.5 Å². The van der Waals surface area contributed by atoms with Crippen molar-refractivity contribution in [1.29, 1.82) is 0 Å². The molecule has 1 aliphatic heterocycles. The van der Waals surface area contributed by atoms with Gasteiger partial charge in [-0.25, -0.2) is 9.38 Å². The number of nitrogens with one attached hydrogen (secondary N) is 1. The topological polar surface area (TPSA) is 138 Å². The van der Waals surface area contributed by atoms with Gasteiger partial charge in [0.25, 0.3) is 5.56 Å². The van der Waals surface area contributed by atoms with Gasteiger partial charge in [0, 0.05) is 6.42 Å². The molecule has 0 radical (unpaired) electrons. The molecule has 3 aromatic heterocycles. The third-order valence-corrected chi connectivity index (χ3v) is 6.23. The van der Waals surface area contributed by atoms with Crippen molar-refractivity contribution in [2.45, 2.75) is 24.9 Å². The number of hydrogen-bond donors (Lipinski definition) is 4. The highest BCUT2D eigenvalue weighted by atomic mass is 35.5. The number of aromatic hydroxyl groups is 1. The Balaban J connectivity index is 1.80. The van der Waals surface area contributed by atoms with Crippen LogP contribution in [-0.2, 0) is 4.74 Å². The summed E-state index contributed by atoms with van der Waals surface area (Å²) in [6, 6.07) is 0. The number of imidazole rings is 2. The number of hydrogen-bond acceptors (Lipinski definition) is 7. The molecule has 0 spiro atoms. The third-order valence-electron chi connectivity index (χ3n) is 5.02. The SMILES string of the molecule is O=c1c2ncn([C@H]3C[C@H](O)[C@@H](CO)O3)c2nc2[nH]c3c(Cl)c(Cl)c(O)c(Cl)c3n12. The molecule has 29 heavy (non-hydrogen) atoms. The lowest BCUT2D eigenvalue weighted by atomic mass is 10.2. The van der Waals surface area contributed by atoms with E-state index in [-0.39, 0.29) is 56.1 Å². The quantitative estimate of drug-likeness (QED) is 0.335. The molecular weight excluding hydrogens is 449 g/mol. The largest absolute Gasteiger partial charge is 0.505 e. The predicted molar refractivity (Wildman–Crippen MR) is 105 cm³/mol. The summed E-state index contributed by atoms with van der Waals surface area (Å²) in [7, 11) is 0. The van der Waals surface area contributed by atoms with Crippen LogP contribution in [-0.4, -0.2) is 58.1 Å².